The average Bonchev–Trinajstić information content (AvgIpc) is 2.84. The molecule has 0 aromatic heterocycles. The zero-order valence-electron chi connectivity index (χ0n) is 11.1. The highest BCUT2D eigenvalue weighted by Crippen LogP contribution is 2.27. The molecular weight excluding hydrogens is 262 g/mol. The highest BCUT2D eigenvalue weighted by molar-refractivity contribution is 7.89. The van der Waals surface area contributed by atoms with Crippen LogP contribution in [0.15, 0.2) is 23.1 Å². The summed E-state index contributed by atoms with van der Waals surface area (Å²) >= 11 is 0. The van der Waals surface area contributed by atoms with Gasteiger partial charge in [0.15, 0.2) is 0 Å². The van der Waals surface area contributed by atoms with Gasteiger partial charge in [0.25, 0.3) is 0 Å². The third-order valence-electron chi connectivity index (χ3n) is 3.38. The number of benzene rings is 1. The minimum atomic E-state index is -3.43. The summed E-state index contributed by atoms with van der Waals surface area (Å²) in [4.78, 5) is 0.254. The van der Waals surface area contributed by atoms with Crippen LogP contribution in [0, 0.1) is 0 Å². The zero-order valence-corrected chi connectivity index (χ0v) is 12.0. The summed E-state index contributed by atoms with van der Waals surface area (Å²) in [5.41, 5.74) is 7.21. The molecule has 0 amide bonds. The SMILES string of the molecule is CCNS(=O)(=O)c1ccc(N)c(NC2CCCC2)c1. The molecule has 0 spiro atoms. The van der Waals surface area contributed by atoms with Crippen LogP contribution in [0.3, 0.4) is 0 Å². The molecule has 1 saturated carbocycles. The standard InChI is InChI=1S/C13H21N3O2S/c1-2-15-19(17,18)11-7-8-12(14)13(9-11)16-10-5-3-4-6-10/h7-10,15-16H,2-6,14H2,1H3. The first-order valence-corrected chi connectivity index (χ1v) is 8.17. The van der Waals surface area contributed by atoms with Crippen molar-refractivity contribution in [2.24, 2.45) is 0 Å². The number of hydrogen-bond donors (Lipinski definition) is 3. The van der Waals surface area contributed by atoms with Crippen LogP contribution in [0.25, 0.3) is 0 Å². The van der Waals surface area contributed by atoms with E-state index in [0.717, 1.165) is 12.8 Å². The lowest BCUT2D eigenvalue weighted by molar-refractivity contribution is 0.584. The van der Waals surface area contributed by atoms with E-state index in [-0.39, 0.29) is 4.90 Å². The van der Waals surface area contributed by atoms with E-state index in [1.54, 1.807) is 19.1 Å². The molecule has 0 saturated heterocycles. The van der Waals surface area contributed by atoms with E-state index >= 15 is 0 Å². The largest absolute Gasteiger partial charge is 0.397 e. The second-order valence-corrected chi connectivity index (χ2v) is 6.64. The minimum absolute atomic E-state index is 0.254. The van der Waals surface area contributed by atoms with E-state index in [1.165, 1.54) is 18.9 Å². The van der Waals surface area contributed by atoms with Crippen LogP contribution in [-0.4, -0.2) is 21.0 Å². The molecule has 0 radical (unpaired) electrons. The van der Waals surface area contributed by atoms with Gasteiger partial charge in [-0.3, -0.25) is 0 Å². The van der Waals surface area contributed by atoms with Crippen LogP contribution in [0.1, 0.15) is 32.6 Å². The van der Waals surface area contributed by atoms with Gasteiger partial charge in [-0.25, -0.2) is 13.1 Å². The Morgan fingerprint density at radius 3 is 2.63 bits per heavy atom. The monoisotopic (exact) mass is 283 g/mol. The van der Waals surface area contributed by atoms with E-state index in [2.05, 4.69) is 10.0 Å². The summed E-state index contributed by atoms with van der Waals surface area (Å²) in [5, 5.41) is 3.35. The maximum Gasteiger partial charge on any atom is 0.240 e. The van der Waals surface area contributed by atoms with Gasteiger partial charge < -0.3 is 11.1 Å². The second kappa shape index (κ2) is 5.79. The van der Waals surface area contributed by atoms with Crippen molar-refractivity contribution < 1.29 is 8.42 Å². The van der Waals surface area contributed by atoms with Crippen LogP contribution >= 0.6 is 0 Å². The fourth-order valence-electron chi connectivity index (χ4n) is 2.39. The first kappa shape index (κ1) is 14.1. The maximum atomic E-state index is 12.0. The van der Waals surface area contributed by atoms with Crippen molar-refractivity contribution in [3.05, 3.63) is 18.2 Å². The maximum absolute atomic E-state index is 12.0. The molecule has 5 nitrogen and oxygen atoms in total. The molecule has 1 aromatic rings. The molecule has 2 rings (SSSR count). The Morgan fingerprint density at radius 1 is 1.32 bits per heavy atom. The molecule has 1 aliphatic carbocycles. The summed E-state index contributed by atoms with van der Waals surface area (Å²) in [6.45, 7) is 2.13. The van der Waals surface area contributed by atoms with Crippen molar-refractivity contribution >= 4 is 21.4 Å². The van der Waals surface area contributed by atoms with Crippen LogP contribution in [0.5, 0.6) is 0 Å². The van der Waals surface area contributed by atoms with Crippen molar-refractivity contribution in [2.45, 2.75) is 43.5 Å². The van der Waals surface area contributed by atoms with E-state index < -0.39 is 10.0 Å². The Bertz CT molecular complexity index is 537. The van der Waals surface area contributed by atoms with Crippen LogP contribution in [-0.2, 0) is 10.0 Å². The molecule has 1 fully saturated rings. The third kappa shape index (κ3) is 3.39. The smallest absolute Gasteiger partial charge is 0.240 e. The molecule has 106 valence electrons. The van der Waals surface area contributed by atoms with Crippen LogP contribution < -0.4 is 15.8 Å². The quantitative estimate of drug-likeness (QED) is 0.721. The number of nitrogen functional groups attached to an aromatic ring is 1. The van der Waals surface area contributed by atoms with Gasteiger partial charge in [0, 0.05) is 12.6 Å². The van der Waals surface area contributed by atoms with Gasteiger partial charge in [0.2, 0.25) is 10.0 Å². The second-order valence-electron chi connectivity index (χ2n) is 4.88. The Hall–Kier alpha value is -1.27. The average molecular weight is 283 g/mol. The predicted octanol–water partition coefficient (Wildman–Crippen LogP) is 1.92. The summed E-state index contributed by atoms with van der Waals surface area (Å²) in [6, 6.07) is 5.19. The Labute approximate surface area is 114 Å². The number of nitrogens with one attached hydrogen (secondary N) is 2. The summed E-state index contributed by atoms with van der Waals surface area (Å²) in [5.74, 6) is 0. The van der Waals surface area contributed by atoms with Gasteiger partial charge in [-0.1, -0.05) is 19.8 Å². The lowest BCUT2D eigenvalue weighted by atomic mass is 10.2. The first-order valence-electron chi connectivity index (χ1n) is 6.68. The fraction of sp³-hybridized carbons (Fsp3) is 0.538. The molecule has 0 unspecified atom stereocenters. The van der Waals surface area contributed by atoms with Gasteiger partial charge in [0.1, 0.15) is 0 Å². The molecular formula is C13H21N3O2S. The summed E-state index contributed by atoms with van der Waals surface area (Å²) < 4.78 is 26.4. The highest BCUT2D eigenvalue weighted by Gasteiger charge is 2.18. The lowest BCUT2D eigenvalue weighted by Gasteiger charge is -2.16. The van der Waals surface area contributed by atoms with E-state index in [9.17, 15) is 8.42 Å². The topological polar surface area (TPSA) is 84.2 Å². The Balaban J connectivity index is 2.23. The Kier molecular flexibility index (Phi) is 4.31. The van der Waals surface area contributed by atoms with E-state index in [4.69, 9.17) is 5.73 Å². The van der Waals surface area contributed by atoms with Crippen molar-refractivity contribution in [2.75, 3.05) is 17.6 Å². The molecule has 19 heavy (non-hydrogen) atoms. The molecule has 4 N–H and O–H groups in total. The van der Waals surface area contributed by atoms with E-state index in [0.29, 0.717) is 24.0 Å². The molecule has 0 heterocycles. The number of hydrogen-bond acceptors (Lipinski definition) is 4. The van der Waals surface area contributed by atoms with Gasteiger partial charge in [0.05, 0.1) is 16.3 Å². The van der Waals surface area contributed by atoms with Crippen LogP contribution in [0.4, 0.5) is 11.4 Å². The molecule has 0 atom stereocenters. The fourth-order valence-corrected chi connectivity index (χ4v) is 3.46. The molecule has 0 aliphatic heterocycles. The number of anilines is 2. The number of rotatable bonds is 5. The summed E-state index contributed by atoms with van der Waals surface area (Å²) in [6.07, 6.45) is 4.66. The zero-order chi connectivity index (χ0) is 13.9. The third-order valence-corrected chi connectivity index (χ3v) is 4.93. The normalized spacial score (nSPS) is 16.7. The van der Waals surface area contributed by atoms with E-state index in [1.807, 2.05) is 0 Å². The van der Waals surface area contributed by atoms with Crippen molar-refractivity contribution in [1.82, 2.24) is 4.72 Å². The first-order chi connectivity index (χ1) is 9.03. The molecule has 6 heteroatoms. The molecule has 1 aliphatic rings. The van der Waals surface area contributed by atoms with Gasteiger partial charge in [-0.05, 0) is 31.0 Å². The van der Waals surface area contributed by atoms with Crippen molar-refractivity contribution in [3.63, 3.8) is 0 Å². The predicted molar refractivity (Wildman–Crippen MR) is 77.6 cm³/mol. The van der Waals surface area contributed by atoms with Gasteiger partial charge >= 0.3 is 0 Å². The minimum Gasteiger partial charge on any atom is -0.397 e. The van der Waals surface area contributed by atoms with Crippen molar-refractivity contribution in [3.8, 4) is 0 Å². The van der Waals surface area contributed by atoms with Crippen molar-refractivity contribution in [1.29, 1.82) is 0 Å². The lowest BCUT2D eigenvalue weighted by Crippen LogP contribution is -2.23. The van der Waals surface area contributed by atoms with Gasteiger partial charge in [-0.2, -0.15) is 0 Å². The van der Waals surface area contributed by atoms with Gasteiger partial charge in [-0.15, -0.1) is 0 Å². The Morgan fingerprint density at radius 2 is 2.00 bits per heavy atom. The summed E-state index contributed by atoms with van der Waals surface area (Å²) in [7, 11) is -3.43. The molecule has 0 bridgehead atoms. The van der Waals surface area contributed by atoms with Crippen LogP contribution in [0.2, 0.25) is 0 Å². The highest BCUT2D eigenvalue weighted by atomic mass is 32.2. The number of sulfonamides is 1. The number of nitrogens with two attached hydrogens (primary N) is 1. The molecule has 1 aromatic carbocycles.